The molecule has 0 atom stereocenters. The first kappa shape index (κ1) is 18.8. The summed E-state index contributed by atoms with van der Waals surface area (Å²) in [5.74, 6) is 0. The maximum atomic E-state index is 12.6. The third kappa shape index (κ3) is 4.07. The zero-order valence-corrected chi connectivity index (χ0v) is 17.2. The van der Waals surface area contributed by atoms with E-state index in [0.29, 0.717) is 11.2 Å². The molecule has 1 heterocycles. The minimum Gasteiger partial charge on any atom is -0.303 e. The highest BCUT2D eigenvalue weighted by molar-refractivity contribution is 9.10. The molecule has 1 aliphatic rings. The van der Waals surface area contributed by atoms with Crippen molar-refractivity contribution in [3.8, 4) is 0 Å². The molecule has 0 N–H and O–H groups in total. The van der Waals surface area contributed by atoms with Crippen LogP contribution in [0.5, 0.6) is 0 Å². The summed E-state index contributed by atoms with van der Waals surface area (Å²) in [7, 11) is -3.88. The Hall–Kier alpha value is -0.960. The van der Waals surface area contributed by atoms with Crippen LogP contribution in [0.15, 0.2) is 38.0 Å². The van der Waals surface area contributed by atoms with Crippen molar-refractivity contribution in [2.24, 2.45) is 4.40 Å². The highest BCUT2D eigenvalue weighted by Gasteiger charge is 2.23. The van der Waals surface area contributed by atoms with E-state index >= 15 is 0 Å². The minimum atomic E-state index is -3.88. The number of sulfonamides is 1. The normalized spacial score (nSPS) is 17.0. The van der Waals surface area contributed by atoms with E-state index in [1.54, 1.807) is 16.7 Å². The summed E-state index contributed by atoms with van der Waals surface area (Å²) >= 11 is 10.6. The number of nitrogens with zero attached hydrogens (tertiary/aromatic N) is 2. The SMILES string of the molecule is O=Cc1s/c(=N/S(=O)(=O)c2ccc(Br)cc2)n(C2CCCCC2)c1Cl. The number of rotatable bonds is 4. The molecule has 2 aromatic rings. The second-order valence-corrected chi connectivity index (χ2v) is 9.73. The number of carbonyl (C=O) groups excluding carboxylic acids is 1. The first-order chi connectivity index (χ1) is 11.9. The van der Waals surface area contributed by atoms with E-state index in [9.17, 15) is 13.2 Å². The van der Waals surface area contributed by atoms with Gasteiger partial charge in [0.25, 0.3) is 10.0 Å². The summed E-state index contributed by atoms with van der Waals surface area (Å²) in [5, 5.41) is 0.275. The van der Waals surface area contributed by atoms with Crippen molar-refractivity contribution < 1.29 is 13.2 Å². The van der Waals surface area contributed by atoms with E-state index in [0.717, 1.165) is 47.9 Å². The molecule has 1 aromatic carbocycles. The van der Waals surface area contributed by atoms with Crippen LogP contribution in [0, 0.1) is 0 Å². The Bertz CT molecular complexity index is 943. The molecule has 0 radical (unpaired) electrons. The molecule has 0 aliphatic heterocycles. The van der Waals surface area contributed by atoms with Crippen LogP contribution in [0.4, 0.5) is 0 Å². The number of hydrogen-bond acceptors (Lipinski definition) is 4. The second-order valence-electron chi connectivity index (χ2n) is 5.84. The number of halogens is 2. The number of aromatic nitrogens is 1. The second kappa shape index (κ2) is 7.73. The number of aldehydes is 1. The smallest absolute Gasteiger partial charge is 0.285 e. The molecule has 1 fully saturated rings. The molecule has 1 aromatic heterocycles. The summed E-state index contributed by atoms with van der Waals surface area (Å²) < 4.78 is 31.8. The van der Waals surface area contributed by atoms with Crippen molar-refractivity contribution in [3.63, 3.8) is 0 Å². The van der Waals surface area contributed by atoms with Crippen LogP contribution in [0.1, 0.15) is 47.8 Å². The lowest BCUT2D eigenvalue weighted by Crippen LogP contribution is -2.24. The Kier molecular flexibility index (Phi) is 5.82. The molecule has 0 spiro atoms. The molecule has 3 rings (SSSR count). The molecule has 9 heteroatoms. The zero-order valence-electron chi connectivity index (χ0n) is 13.2. The van der Waals surface area contributed by atoms with Crippen molar-refractivity contribution in [2.45, 2.75) is 43.0 Å². The van der Waals surface area contributed by atoms with Gasteiger partial charge >= 0.3 is 0 Å². The minimum absolute atomic E-state index is 0.0741. The third-order valence-corrected chi connectivity index (χ3v) is 7.58. The van der Waals surface area contributed by atoms with Crippen LogP contribution in [0.25, 0.3) is 0 Å². The van der Waals surface area contributed by atoms with E-state index in [4.69, 9.17) is 11.6 Å². The van der Waals surface area contributed by atoms with Gasteiger partial charge in [-0.25, -0.2) is 0 Å². The van der Waals surface area contributed by atoms with Gasteiger partial charge in [-0.2, -0.15) is 8.42 Å². The van der Waals surface area contributed by atoms with Gasteiger partial charge < -0.3 is 4.57 Å². The lowest BCUT2D eigenvalue weighted by atomic mass is 9.95. The van der Waals surface area contributed by atoms with E-state index in [2.05, 4.69) is 20.3 Å². The third-order valence-electron chi connectivity index (χ3n) is 4.18. The van der Waals surface area contributed by atoms with E-state index in [1.807, 2.05) is 0 Å². The number of carbonyl (C=O) groups is 1. The van der Waals surface area contributed by atoms with Crippen LogP contribution in [-0.4, -0.2) is 19.3 Å². The van der Waals surface area contributed by atoms with Crippen molar-refractivity contribution in [1.29, 1.82) is 0 Å². The maximum Gasteiger partial charge on any atom is 0.285 e. The Morgan fingerprint density at radius 1 is 1.20 bits per heavy atom. The average molecular weight is 464 g/mol. The fourth-order valence-electron chi connectivity index (χ4n) is 2.95. The molecule has 0 amide bonds. The van der Waals surface area contributed by atoms with Gasteiger partial charge in [0.05, 0.1) is 4.90 Å². The van der Waals surface area contributed by atoms with Crippen LogP contribution < -0.4 is 4.80 Å². The fourth-order valence-corrected chi connectivity index (χ4v) is 5.73. The van der Waals surface area contributed by atoms with Crippen molar-refractivity contribution in [1.82, 2.24) is 4.57 Å². The van der Waals surface area contributed by atoms with Gasteiger partial charge in [-0.15, -0.1) is 4.40 Å². The van der Waals surface area contributed by atoms with E-state index < -0.39 is 10.0 Å². The highest BCUT2D eigenvalue weighted by Crippen LogP contribution is 2.31. The predicted octanol–water partition coefficient (Wildman–Crippen LogP) is 4.57. The van der Waals surface area contributed by atoms with Gasteiger partial charge in [-0.05, 0) is 37.1 Å². The highest BCUT2D eigenvalue weighted by atomic mass is 79.9. The fraction of sp³-hybridized carbons (Fsp3) is 0.375. The van der Waals surface area contributed by atoms with E-state index in [-0.39, 0.29) is 20.9 Å². The molecule has 0 unspecified atom stereocenters. The quantitative estimate of drug-likeness (QED) is 0.624. The summed E-state index contributed by atoms with van der Waals surface area (Å²) in [6.45, 7) is 0. The zero-order chi connectivity index (χ0) is 18.0. The summed E-state index contributed by atoms with van der Waals surface area (Å²) in [6.07, 6.45) is 5.72. The van der Waals surface area contributed by atoms with Gasteiger partial charge in [0.1, 0.15) is 10.0 Å². The average Bonchev–Trinajstić information content (AvgIpc) is 2.90. The Balaban J connectivity index is 2.13. The summed E-state index contributed by atoms with van der Waals surface area (Å²) in [5.41, 5.74) is 0. The van der Waals surface area contributed by atoms with Gasteiger partial charge in [0.2, 0.25) is 4.80 Å². The molecule has 134 valence electrons. The number of thiazole rings is 1. The van der Waals surface area contributed by atoms with Crippen LogP contribution in [0.2, 0.25) is 5.15 Å². The molecule has 5 nitrogen and oxygen atoms in total. The van der Waals surface area contributed by atoms with Gasteiger partial charge in [-0.1, -0.05) is 58.1 Å². The first-order valence-electron chi connectivity index (χ1n) is 7.85. The molecule has 1 saturated carbocycles. The molecular formula is C16H16BrClN2O3S2. The van der Waals surface area contributed by atoms with Crippen molar-refractivity contribution in [2.75, 3.05) is 0 Å². The maximum absolute atomic E-state index is 12.6. The van der Waals surface area contributed by atoms with Crippen LogP contribution >= 0.6 is 38.9 Å². The predicted molar refractivity (Wildman–Crippen MR) is 102 cm³/mol. The Morgan fingerprint density at radius 3 is 2.44 bits per heavy atom. The summed E-state index contributed by atoms with van der Waals surface area (Å²) in [6, 6.07) is 6.35. The standard InChI is InChI=1S/C16H16BrClN2O3S2/c17-11-6-8-13(9-7-11)25(22,23)19-16-20(12-4-2-1-3-5-12)15(18)14(10-21)24-16/h6-10,12H,1-5H2/b19-16+. The van der Waals surface area contributed by atoms with Crippen molar-refractivity contribution in [3.05, 3.63) is 43.6 Å². The first-order valence-corrected chi connectivity index (χ1v) is 11.3. The lowest BCUT2D eigenvalue weighted by Gasteiger charge is -2.23. The van der Waals surface area contributed by atoms with Gasteiger partial charge in [-0.3, -0.25) is 4.79 Å². The molecular weight excluding hydrogens is 448 g/mol. The van der Waals surface area contributed by atoms with Crippen LogP contribution in [-0.2, 0) is 10.0 Å². The molecule has 0 saturated heterocycles. The number of benzene rings is 1. The molecule has 0 bridgehead atoms. The van der Waals surface area contributed by atoms with Crippen LogP contribution in [0.3, 0.4) is 0 Å². The van der Waals surface area contributed by atoms with Gasteiger partial charge in [0, 0.05) is 10.5 Å². The van der Waals surface area contributed by atoms with E-state index in [1.165, 1.54) is 12.1 Å². The Labute approximate surface area is 163 Å². The Morgan fingerprint density at radius 2 is 1.84 bits per heavy atom. The molecule has 25 heavy (non-hydrogen) atoms. The topological polar surface area (TPSA) is 68.5 Å². The number of hydrogen-bond donors (Lipinski definition) is 0. The summed E-state index contributed by atoms with van der Waals surface area (Å²) in [4.78, 5) is 11.9. The monoisotopic (exact) mass is 462 g/mol. The van der Waals surface area contributed by atoms with Gasteiger partial charge in [0.15, 0.2) is 6.29 Å². The largest absolute Gasteiger partial charge is 0.303 e. The lowest BCUT2D eigenvalue weighted by molar-refractivity contribution is 0.112. The van der Waals surface area contributed by atoms with Crippen molar-refractivity contribution >= 4 is 55.2 Å². The molecule has 1 aliphatic carbocycles.